The molecule has 0 bridgehead atoms. The fraction of sp³-hybridized carbons (Fsp3) is 0.409. The highest BCUT2D eigenvalue weighted by Gasteiger charge is 2.22. The van der Waals surface area contributed by atoms with Crippen LogP contribution in [0, 0.1) is 13.8 Å². The first kappa shape index (κ1) is 20.7. The number of carbonyl (C=O) groups excluding carboxylic acids is 3. The highest BCUT2D eigenvalue weighted by Crippen LogP contribution is 2.32. The first-order valence-electron chi connectivity index (χ1n) is 9.97. The first-order valence-corrected chi connectivity index (χ1v) is 11.0. The lowest BCUT2D eigenvalue weighted by atomic mass is 10.1. The number of esters is 1. The lowest BCUT2D eigenvalue weighted by Gasteiger charge is -2.16. The second kappa shape index (κ2) is 8.65. The Morgan fingerprint density at radius 1 is 1.30 bits per heavy atom. The van der Waals surface area contributed by atoms with E-state index in [9.17, 15) is 14.4 Å². The van der Waals surface area contributed by atoms with Crippen molar-refractivity contribution in [3.05, 3.63) is 46.8 Å². The molecule has 0 spiro atoms. The highest BCUT2D eigenvalue weighted by molar-refractivity contribution is 8.00. The molecule has 1 atom stereocenters. The van der Waals surface area contributed by atoms with Gasteiger partial charge in [0.1, 0.15) is 0 Å². The van der Waals surface area contributed by atoms with Crippen LogP contribution in [0.4, 0.5) is 5.69 Å². The Hall–Kier alpha value is -2.58. The zero-order chi connectivity index (χ0) is 21.3. The maximum atomic E-state index is 12.7. The van der Waals surface area contributed by atoms with Crippen molar-refractivity contribution in [3.63, 3.8) is 0 Å². The van der Waals surface area contributed by atoms with Gasteiger partial charge in [-0.15, -0.1) is 11.8 Å². The van der Waals surface area contributed by atoms with Gasteiger partial charge in [0.15, 0.2) is 6.61 Å². The van der Waals surface area contributed by atoms with E-state index in [4.69, 9.17) is 9.47 Å². The van der Waals surface area contributed by atoms with E-state index in [1.54, 1.807) is 18.2 Å². The Morgan fingerprint density at radius 3 is 2.90 bits per heavy atom. The number of hydrogen-bond donors (Lipinski definition) is 1. The summed E-state index contributed by atoms with van der Waals surface area (Å²) in [4.78, 5) is 37.6. The summed E-state index contributed by atoms with van der Waals surface area (Å²) in [6.07, 6.45) is 2.27. The monoisotopic (exact) mass is 428 g/mol. The number of ketones is 1. The zero-order valence-electron chi connectivity index (χ0n) is 17.0. The van der Waals surface area contributed by atoms with Gasteiger partial charge in [-0.05, 0) is 51.0 Å². The minimum absolute atomic E-state index is 0.105. The van der Waals surface area contributed by atoms with Crippen molar-refractivity contribution in [2.75, 3.05) is 24.3 Å². The number of amides is 1. The van der Waals surface area contributed by atoms with Gasteiger partial charge in [-0.3, -0.25) is 9.59 Å². The van der Waals surface area contributed by atoms with E-state index in [2.05, 4.69) is 9.88 Å². The molecule has 2 aliphatic heterocycles. The first-order chi connectivity index (χ1) is 14.4. The van der Waals surface area contributed by atoms with E-state index < -0.39 is 5.97 Å². The van der Waals surface area contributed by atoms with E-state index >= 15 is 0 Å². The minimum atomic E-state index is -0.593. The van der Waals surface area contributed by atoms with Gasteiger partial charge < -0.3 is 19.4 Å². The average Bonchev–Trinajstić information content (AvgIpc) is 3.35. The second-order valence-corrected chi connectivity index (χ2v) is 8.59. The van der Waals surface area contributed by atoms with Crippen LogP contribution in [-0.4, -0.2) is 47.3 Å². The van der Waals surface area contributed by atoms with Crippen molar-refractivity contribution in [2.24, 2.45) is 0 Å². The Kier molecular flexibility index (Phi) is 5.97. The van der Waals surface area contributed by atoms with E-state index in [0.29, 0.717) is 22.6 Å². The summed E-state index contributed by atoms with van der Waals surface area (Å²) < 4.78 is 13.1. The van der Waals surface area contributed by atoms with Crippen LogP contribution >= 0.6 is 11.8 Å². The third kappa shape index (κ3) is 4.29. The summed E-state index contributed by atoms with van der Waals surface area (Å²) in [7, 11) is 0. The molecule has 1 fully saturated rings. The average molecular weight is 429 g/mol. The number of benzene rings is 1. The number of nitrogens with one attached hydrogen (secondary N) is 1. The minimum Gasteiger partial charge on any atom is -0.454 e. The molecular formula is C22H24N2O5S. The maximum absolute atomic E-state index is 12.7. The zero-order valence-corrected chi connectivity index (χ0v) is 17.8. The Balaban J connectivity index is 1.40. The second-order valence-electron chi connectivity index (χ2n) is 7.58. The van der Waals surface area contributed by atoms with Crippen LogP contribution in [-0.2, 0) is 20.8 Å². The van der Waals surface area contributed by atoms with E-state index in [1.165, 1.54) is 11.8 Å². The van der Waals surface area contributed by atoms with Gasteiger partial charge in [-0.25, -0.2) is 4.79 Å². The lowest BCUT2D eigenvalue weighted by Crippen LogP contribution is -2.20. The molecule has 0 aliphatic carbocycles. The molecule has 30 heavy (non-hydrogen) atoms. The molecule has 2 aromatic rings. The topological polar surface area (TPSA) is 86.6 Å². The number of nitrogens with zero attached hydrogens (tertiary/aromatic N) is 1. The molecule has 1 aromatic heterocycles. The van der Waals surface area contributed by atoms with Crippen LogP contribution in [0.2, 0.25) is 0 Å². The van der Waals surface area contributed by atoms with Crippen LogP contribution in [0.5, 0.6) is 0 Å². The molecule has 3 heterocycles. The number of ether oxygens (including phenoxy) is 2. The predicted octanol–water partition coefficient (Wildman–Crippen LogP) is 3.37. The molecule has 0 saturated carbocycles. The van der Waals surface area contributed by atoms with Gasteiger partial charge in [0.2, 0.25) is 11.7 Å². The van der Waals surface area contributed by atoms with Gasteiger partial charge in [0, 0.05) is 35.0 Å². The van der Waals surface area contributed by atoms with Crippen molar-refractivity contribution in [3.8, 4) is 0 Å². The van der Waals surface area contributed by atoms with Crippen LogP contribution in [0.1, 0.15) is 44.9 Å². The summed E-state index contributed by atoms with van der Waals surface area (Å²) in [6, 6.07) is 6.84. The molecule has 2 aliphatic rings. The fourth-order valence-corrected chi connectivity index (χ4v) is 4.65. The highest BCUT2D eigenvalue weighted by atomic mass is 32.2. The number of fused-ring (bicyclic) bond motifs is 1. The molecule has 4 rings (SSSR count). The number of carbonyl (C=O) groups is 3. The molecule has 0 radical (unpaired) electrons. The van der Waals surface area contributed by atoms with Crippen molar-refractivity contribution >= 4 is 35.1 Å². The van der Waals surface area contributed by atoms with Gasteiger partial charge in [-0.2, -0.15) is 0 Å². The van der Waals surface area contributed by atoms with Gasteiger partial charge in [-0.1, -0.05) is 0 Å². The molecule has 1 amide bonds. The van der Waals surface area contributed by atoms with Crippen LogP contribution in [0.25, 0.3) is 0 Å². The van der Waals surface area contributed by atoms with Crippen molar-refractivity contribution in [2.45, 2.75) is 44.2 Å². The molecule has 8 heteroatoms. The molecule has 1 aromatic carbocycles. The number of hydrogen-bond acceptors (Lipinski definition) is 6. The molecule has 1 saturated heterocycles. The van der Waals surface area contributed by atoms with E-state index in [0.717, 1.165) is 42.3 Å². The summed E-state index contributed by atoms with van der Waals surface area (Å²) in [6.45, 7) is 5.05. The fourth-order valence-electron chi connectivity index (χ4n) is 3.86. The van der Waals surface area contributed by atoms with Crippen LogP contribution in [0.15, 0.2) is 29.2 Å². The Bertz CT molecular complexity index is 1010. The quantitative estimate of drug-likeness (QED) is 0.561. The van der Waals surface area contributed by atoms with Crippen molar-refractivity contribution < 1.29 is 23.9 Å². The van der Waals surface area contributed by atoms with Crippen molar-refractivity contribution in [1.82, 2.24) is 4.57 Å². The van der Waals surface area contributed by atoms with Crippen LogP contribution in [0.3, 0.4) is 0 Å². The molecule has 7 nitrogen and oxygen atoms in total. The van der Waals surface area contributed by atoms with Crippen molar-refractivity contribution in [1.29, 1.82) is 0 Å². The smallest absolute Gasteiger partial charge is 0.338 e. The van der Waals surface area contributed by atoms with Crippen LogP contribution < -0.4 is 5.32 Å². The van der Waals surface area contributed by atoms with Gasteiger partial charge in [0.25, 0.3) is 0 Å². The Morgan fingerprint density at radius 2 is 2.13 bits per heavy atom. The number of aryl methyl sites for hydroxylation is 1. The van der Waals surface area contributed by atoms with Gasteiger partial charge >= 0.3 is 5.97 Å². The number of aromatic nitrogens is 1. The number of rotatable bonds is 6. The predicted molar refractivity (Wildman–Crippen MR) is 113 cm³/mol. The van der Waals surface area contributed by atoms with E-state index in [-0.39, 0.29) is 24.4 Å². The number of Topliss-reactive ketones (excluding diaryl/α,β-unsaturated/α-hetero) is 1. The lowest BCUT2D eigenvalue weighted by molar-refractivity contribution is -0.113. The summed E-state index contributed by atoms with van der Waals surface area (Å²) >= 11 is 1.42. The van der Waals surface area contributed by atoms with E-state index in [1.807, 2.05) is 19.9 Å². The molecular weight excluding hydrogens is 404 g/mol. The third-order valence-corrected chi connectivity index (χ3v) is 6.54. The normalized spacial score (nSPS) is 18.1. The number of thioether (sulfide) groups is 1. The van der Waals surface area contributed by atoms with Gasteiger partial charge in [0.05, 0.1) is 23.1 Å². The third-order valence-electron chi connectivity index (χ3n) is 5.47. The SMILES string of the molecule is Cc1cc(C(=O)COC(=O)c2ccc3c(c2)NC(=O)CS3)c(C)n1C[C@@H]1CCCO1. The summed E-state index contributed by atoms with van der Waals surface area (Å²) in [5.74, 6) is -0.580. The Labute approximate surface area is 179 Å². The summed E-state index contributed by atoms with van der Waals surface area (Å²) in [5, 5.41) is 2.74. The number of anilines is 1. The standard InChI is InChI=1S/C22H24N2O5S/c1-13-8-17(14(2)24(13)10-16-4-3-7-28-16)19(25)11-29-22(27)15-5-6-20-18(9-15)23-21(26)12-30-20/h5-6,8-9,16H,3-4,7,10-12H2,1-2H3,(H,23,26)/t16-/m0/s1. The molecule has 158 valence electrons. The largest absolute Gasteiger partial charge is 0.454 e. The molecule has 0 unspecified atom stereocenters. The molecule has 1 N–H and O–H groups in total. The maximum Gasteiger partial charge on any atom is 0.338 e. The summed E-state index contributed by atoms with van der Waals surface area (Å²) in [5.41, 5.74) is 3.30.